The molecular weight excluding hydrogens is 428 g/mol. The smallest absolute Gasteiger partial charge is 0.271 e. The third kappa shape index (κ3) is 3.16. The second-order valence-corrected chi connectivity index (χ2v) is 7.39. The molecule has 3 aromatic rings. The van der Waals surface area contributed by atoms with Crippen LogP contribution in [0, 0.1) is 10.1 Å². The molecule has 1 aromatic heterocycles. The van der Waals surface area contributed by atoms with Gasteiger partial charge in [0.25, 0.3) is 11.2 Å². The number of hydrogen-bond acceptors (Lipinski definition) is 6. The molecule has 0 unspecified atom stereocenters. The van der Waals surface area contributed by atoms with Crippen molar-refractivity contribution in [3.8, 4) is 11.4 Å². The fraction of sp³-hybridized carbons (Fsp3) is 0.263. The Bertz CT molecular complexity index is 1120. The van der Waals surface area contributed by atoms with Gasteiger partial charge in [0.15, 0.2) is 0 Å². The van der Waals surface area contributed by atoms with Gasteiger partial charge in [-0.15, -0.1) is 0 Å². The largest absolute Gasteiger partial charge is 0.497 e. The van der Waals surface area contributed by atoms with Crippen LogP contribution in [0.25, 0.3) is 16.6 Å². The van der Waals surface area contributed by atoms with Crippen LogP contribution in [0.2, 0.25) is 0 Å². The first-order valence-electron chi connectivity index (χ1n) is 8.78. The van der Waals surface area contributed by atoms with E-state index in [2.05, 4.69) is 21.2 Å². The highest BCUT2D eigenvalue weighted by Crippen LogP contribution is 2.30. The van der Waals surface area contributed by atoms with Crippen LogP contribution in [0.15, 0.2) is 45.7 Å². The number of non-ortho nitro benzene ring substituents is 1. The Balaban J connectivity index is 2.03. The van der Waals surface area contributed by atoms with Gasteiger partial charge in [-0.1, -0.05) is 0 Å². The van der Waals surface area contributed by atoms with Crippen molar-refractivity contribution in [1.82, 2.24) is 14.9 Å². The highest BCUT2D eigenvalue weighted by atomic mass is 79.9. The van der Waals surface area contributed by atoms with Crippen molar-refractivity contribution in [2.75, 3.05) is 13.7 Å². The van der Waals surface area contributed by atoms with Crippen molar-refractivity contribution >= 4 is 32.5 Å². The molecular formula is C19H17BrN4O4. The maximum absolute atomic E-state index is 13.4. The molecule has 0 saturated carbocycles. The summed E-state index contributed by atoms with van der Waals surface area (Å²) in [5.74, 6) is 1.26. The molecule has 9 heteroatoms. The van der Waals surface area contributed by atoms with Crippen LogP contribution in [0.3, 0.4) is 0 Å². The normalized spacial score (nSPS) is 16.4. The first-order valence-corrected chi connectivity index (χ1v) is 9.57. The molecule has 1 saturated heterocycles. The van der Waals surface area contributed by atoms with E-state index in [1.807, 2.05) is 0 Å². The van der Waals surface area contributed by atoms with Gasteiger partial charge in [0, 0.05) is 12.1 Å². The molecule has 144 valence electrons. The van der Waals surface area contributed by atoms with Crippen LogP contribution in [0.5, 0.6) is 5.75 Å². The number of nitro benzene ring substituents is 1. The van der Waals surface area contributed by atoms with Crippen molar-refractivity contribution < 1.29 is 9.66 Å². The van der Waals surface area contributed by atoms with Gasteiger partial charge in [0.1, 0.15) is 11.6 Å². The number of rotatable bonds is 4. The van der Waals surface area contributed by atoms with E-state index in [-0.39, 0.29) is 22.7 Å². The summed E-state index contributed by atoms with van der Waals surface area (Å²) < 4.78 is 7.15. The Hall–Kier alpha value is -2.78. The van der Waals surface area contributed by atoms with Crippen molar-refractivity contribution in [2.45, 2.75) is 18.9 Å². The van der Waals surface area contributed by atoms with E-state index in [0.717, 1.165) is 19.4 Å². The lowest BCUT2D eigenvalue weighted by atomic mass is 10.1. The fourth-order valence-electron chi connectivity index (χ4n) is 3.48. The number of fused-ring (bicyclic) bond motifs is 1. The predicted molar refractivity (Wildman–Crippen MR) is 108 cm³/mol. The molecule has 28 heavy (non-hydrogen) atoms. The topological polar surface area (TPSA) is 99.3 Å². The Kier molecular flexibility index (Phi) is 4.86. The monoisotopic (exact) mass is 444 g/mol. The molecule has 8 nitrogen and oxygen atoms in total. The Morgan fingerprint density at radius 3 is 2.68 bits per heavy atom. The molecule has 1 fully saturated rings. The summed E-state index contributed by atoms with van der Waals surface area (Å²) in [5, 5.41) is 14.8. The van der Waals surface area contributed by atoms with Crippen LogP contribution < -0.4 is 15.6 Å². The van der Waals surface area contributed by atoms with Gasteiger partial charge in [0.05, 0.1) is 39.1 Å². The Morgan fingerprint density at radius 1 is 1.32 bits per heavy atom. The van der Waals surface area contributed by atoms with Crippen LogP contribution in [0.4, 0.5) is 5.69 Å². The number of aromatic nitrogens is 2. The second-order valence-electron chi connectivity index (χ2n) is 6.54. The molecule has 4 rings (SSSR count). The van der Waals surface area contributed by atoms with E-state index in [9.17, 15) is 14.9 Å². The maximum atomic E-state index is 13.4. The van der Waals surface area contributed by atoms with Gasteiger partial charge in [-0.25, -0.2) is 4.98 Å². The van der Waals surface area contributed by atoms with Gasteiger partial charge in [0.2, 0.25) is 0 Å². The zero-order valence-corrected chi connectivity index (χ0v) is 16.6. The minimum atomic E-state index is -0.520. The number of benzene rings is 2. The molecule has 2 heterocycles. The highest BCUT2D eigenvalue weighted by Gasteiger charge is 2.25. The number of nitrogens with one attached hydrogen (secondary N) is 1. The number of nitro groups is 1. The zero-order valence-electron chi connectivity index (χ0n) is 15.0. The van der Waals surface area contributed by atoms with Crippen LogP contribution in [0.1, 0.15) is 24.7 Å². The van der Waals surface area contributed by atoms with E-state index in [1.165, 1.54) is 16.7 Å². The standard InChI is InChI=1S/C19H17BrN4O4/c1-28-13-6-4-11(5-7-13)23-18(16-3-2-8-21-16)22-17-14(19(23)25)9-12(24(26)27)10-15(17)20/h4-7,9-10,16,21H,2-3,8H2,1H3/t16-/m1/s1. The van der Waals surface area contributed by atoms with Gasteiger partial charge in [-0.2, -0.15) is 0 Å². The quantitative estimate of drug-likeness (QED) is 0.488. The molecule has 0 spiro atoms. The summed E-state index contributed by atoms with van der Waals surface area (Å²) in [4.78, 5) is 28.9. The average molecular weight is 445 g/mol. The minimum absolute atomic E-state index is 0.0682. The van der Waals surface area contributed by atoms with E-state index in [4.69, 9.17) is 9.72 Å². The SMILES string of the molecule is COc1ccc(-n2c([C@H]3CCCN3)nc3c(Br)cc([N+](=O)[O-])cc3c2=O)cc1. The van der Waals surface area contributed by atoms with Crippen molar-refractivity contribution in [3.05, 3.63) is 67.2 Å². The summed E-state index contributed by atoms with van der Waals surface area (Å²) in [5.41, 5.74) is 0.546. The second kappa shape index (κ2) is 7.33. The fourth-order valence-corrected chi connectivity index (χ4v) is 4.01. The predicted octanol–water partition coefficient (Wildman–Crippen LogP) is 3.49. The molecule has 0 bridgehead atoms. The lowest BCUT2D eigenvalue weighted by Crippen LogP contribution is -2.29. The number of methoxy groups -OCH3 is 1. The van der Waals surface area contributed by atoms with Gasteiger partial charge in [-0.05, 0) is 59.6 Å². The molecule has 0 amide bonds. The van der Waals surface area contributed by atoms with Crippen LogP contribution >= 0.6 is 15.9 Å². The number of hydrogen-bond donors (Lipinski definition) is 1. The van der Waals surface area contributed by atoms with Crippen LogP contribution in [-0.4, -0.2) is 28.1 Å². The van der Waals surface area contributed by atoms with Gasteiger partial charge < -0.3 is 10.1 Å². The first-order chi connectivity index (χ1) is 13.5. The molecule has 1 N–H and O–H groups in total. The molecule has 1 atom stereocenters. The summed E-state index contributed by atoms with van der Waals surface area (Å²) in [6.07, 6.45) is 1.85. The Labute approximate surface area is 168 Å². The summed E-state index contributed by atoms with van der Waals surface area (Å²) in [6.45, 7) is 0.850. The summed E-state index contributed by atoms with van der Waals surface area (Å²) in [7, 11) is 1.57. The number of nitrogens with zero attached hydrogens (tertiary/aromatic N) is 3. The molecule has 1 aliphatic rings. The summed E-state index contributed by atoms with van der Waals surface area (Å²) >= 11 is 3.34. The maximum Gasteiger partial charge on any atom is 0.271 e. The lowest BCUT2D eigenvalue weighted by Gasteiger charge is -2.18. The highest BCUT2D eigenvalue weighted by molar-refractivity contribution is 9.10. The number of halogens is 1. The third-order valence-corrected chi connectivity index (χ3v) is 5.46. The van der Waals surface area contributed by atoms with Crippen molar-refractivity contribution in [3.63, 3.8) is 0 Å². The van der Waals surface area contributed by atoms with Gasteiger partial charge in [-0.3, -0.25) is 19.5 Å². The summed E-state index contributed by atoms with van der Waals surface area (Å²) in [6, 6.07) is 9.67. The van der Waals surface area contributed by atoms with Crippen molar-refractivity contribution in [1.29, 1.82) is 0 Å². The van der Waals surface area contributed by atoms with E-state index in [1.54, 1.807) is 31.4 Å². The lowest BCUT2D eigenvalue weighted by molar-refractivity contribution is -0.384. The van der Waals surface area contributed by atoms with E-state index in [0.29, 0.717) is 27.3 Å². The first kappa shape index (κ1) is 18.6. The molecule has 0 radical (unpaired) electrons. The van der Waals surface area contributed by atoms with E-state index < -0.39 is 4.92 Å². The Morgan fingerprint density at radius 2 is 2.07 bits per heavy atom. The van der Waals surface area contributed by atoms with Crippen molar-refractivity contribution in [2.24, 2.45) is 0 Å². The molecule has 2 aromatic carbocycles. The molecule has 1 aliphatic heterocycles. The third-order valence-electron chi connectivity index (χ3n) is 4.85. The zero-order chi connectivity index (χ0) is 19.8. The minimum Gasteiger partial charge on any atom is -0.497 e. The average Bonchev–Trinajstić information content (AvgIpc) is 3.23. The van der Waals surface area contributed by atoms with Gasteiger partial charge >= 0.3 is 0 Å². The number of ether oxygens (including phenoxy) is 1. The molecule has 0 aliphatic carbocycles. The van der Waals surface area contributed by atoms with Crippen LogP contribution in [-0.2, 0) is 0 Å². The van der Waals surface area contributed by atoms with E-state index >= 15 is 0 Å².